The normalized spacial score (nSPS) is 12.8. The molecule has 0 spiro atoms. The molecule has 33 heavy (non-hydrogen) atoms. The Morgan fingerprint density at radius 2 is 1.70 bits per heavy atom. The van der Waals surface area contributed by atoms with Gasteiger partial charge < -0.3 is 14.8 Å². The van der Waals surface area contributed by atoms with Crippen LogP contribution in [0.4, 0.5) is 11.4 Å². The van der Waals surface area contributed by atoms with Gasteiger partial charge in [0.2, 0.25) is 5.91 Å². The van der Waals surface area contributed by atoms with Gasteiger partial charge in [0.15, 0.2) is 11.5 Å². The number of benzene rings is 3. The zero-order chi connectivity index (χ0) is 23.6. The Bertz CT molecular complexity index is 1290. The number of nitrogens with zero attached hydrogens (tertiary/aromatic N) is 1. The summed E-state index contributed by atoms with van der Waals surface area (Å²) in [5, 5.41) is 3.15. The predicted octanol–water partition coefficient (Wildman–Crippen LogP) is 4.56. The van der Waals surface area contributed by atoms with E-state index in [1.807, 2.05) is 6.92 Å². The van der Waals surface area contributed by atoms with Crippen LogP contribution < -0.4 is 19.1 Å². The molecule has 0 saturated heterocycles. The lowest BCUT2D eigenvalue weighted by atomic mass is 10.2. The smallest absolute Gasteiger partial charge is 0.264 e. The molecule has 0 saturated carbocycles. The first-order valence-electron chi connectivity index (χ1n) is 10.3. The van der Waals surface area contributed by atoms with Gasteiger partial charge in [0, 0.05) is 16.8 Å². The van der Waals surface area contributed by atoms with Crippen LogP contribution >= 0.6 is 11.6 Å². The number of amides is 1. The van der Waals surface area contributed by atoms with E-state index < -0.39 is 22.5 Å². The van der Waals surface area contributed by atoms with E-state index in [0.717, 1.165) is 9.87 Å². The topological polar surface area (TPSA) is 84.9 Å². The van der Waals surface area contributed by atoms with Gasteiger partial charge in [-0.3, -0.25) is 9.10 Å². The van der Waals surface area contributed by atoms with Crippen molar-refractivity contribution in [2.45, 2.75) is 18.7 Å². The minimum Gasteiger partial charge on any atom is -0.486 e. The van der Waals surface area contributed by atoms with Crippen molar-refractivity contribution in [2.75, 3.05) is 29.4 Å². The SMILES string of the molecule is Cc1ccc(S(=O)(=O)N(CC(=O)Nc2ccc3c(c2)OCCO3)c2cccc(Cl)c2C)cc1. The van der Waals surface area contributed by atoms with E-state index >= 15 is 0 Å². The Kier molecular flexibility index (Phi) is 6.49. The molecule has 0 aromatic heterocycles. The van der Waals surface area contributed by atoms with Crippen molar-refractivity contribution in [1.82, 2.24) is 0 Å². The molecule has 172 valence electrons. The first kappa shape index (κ1) is 22.9. The van der Waals surface area contributed by atoms with Gasteiger partial charge in [0.1, 0.15) is 19.8 Å². The Morgan fingerprint density at radius 3 is 2.42 bits per heavy atom. The number of hydrogen-bond acceptors (Lipinski definition) is 5. The van der Waals surface area contributed by atoms with Crippen LogP contribution in [0.5, 0.6) is 11.5 Å². The van der Waals surface area contributed by atoms with Gasteiger partial charge in [-0.2, -0.15) is 0 Å². The molecule has 0 atom stereocenters. The van der Waals surface area contributed by atoms with Crippen molar-refractivity contribution < 1.29 is 22.7 Å². The number of rotatable bonds is 6. The Morgan fingerprint density at radius 1 is 1.00 bits per heavy atom. The van der Waals surface area contributed by atoms with Gasteiger partial charge in [-0.1, -0.05) is 35.4 Å². The molecule has 3 aromatic rings. The van der Waals surface area contributed by atoms with Crippen LogP contribution in [0.2, 0.25) is 5.02 Å². The van der Waals surface area contributed by atoms with E-state index in [1.54, 1.807) is 55.5 Å². The van der Waals surface area contributed by atoms with Gasteiger partial charge in [0.05, 0.1) is 10.6 Å². The maximum absolute atomic E-state index is 13.6. The molecule has 4 rings (SSSR count). The summed E-state index contributed by atoms with van der Waals surface area (Å²) < 4.78 is 39.2. The number of fused-ring (bicyclic) bond motifs is 1. The number of nitrogens with one attached hydrogen (secondary N) is 1. The predicted molar refractivity (Wildman–Crippen MR) is 128 cm³/mol. The van der Waals surface area contributed by atoms with Crippen molar-refractivity contribution in [1.29, 1.82) is 0 Å². The van der Waals surface area contributed by atoms with E-state index in [-0.39, 0.29) is 4.90 Å². The second-order valence-electron chi connectivity index (χ2n) is 7.62. The van der Waals surface area contributed by atoms with Crippen molar-refractivity contribution in [3.8, 4) is 11.5 Å². The van der Waals surface area contributed by atoms with Crippen LogP contribution in [-0.4, -0.2) is 34.1 Å². The second-order valence-corrected chi connectivity index (χ2v) is 9.88. The van der Waals surface area contributed by atoms with Crippen LogP contribution in [0.25, 0.3) is 0 Å². The standard InChI is InChI=1S/C24H23ClN2O5S/c1-16-6-9-19(10-7-16)33(29,30)27(21-5-3-4-20(25)17(21)2)15-24(28)26-18-8-11-22-23(14-18)32-13-12-31-22/h3-11,14H,12-13,15H2,1-2H3,(H,26,28). The zero-order valence-electron chi connectivity index (χ0n) is 18.2. The van der Waals surface area contributed by atoms with E-state index in [4.69, 9.17) is 21.1 Å². The first-order chi connectivity index (χ1) is 15.8. The molecule has 1 amide bonds. The minimum absolute atomic E-state index is 0.0830. The zero-order valence-corrected chi connectivity index (χ0v) is 19.7. The molecule has 1 aliphatic heterocycles. The minimum atomic E-state index is -4.04. The highest BCUT2D eigenvalue weighted by Crippen LogP contribution is 2.33. The summed E-state index contributed by atoms with van der Waals surface area (Å²) in [6, 6.07) is 16.5. The fourth-order valence-electron chi connectivity index (χ4n) is 3.46. The summed E-state index contributed by atoms with van der Waals surface area (Å²) >= 11 is 6.26. The number of aryl methyl sites for hydroxylation is 1. The van der Waals surface area contributed by atoms with Gasteiger partial charge in [-0.25, -0.2) is 8.42 Å². The fraction of sp³-hybridized carbons (Fsp3) is 0.208. The number of carbonyl (C=O) groups is 1. The van der Waals surface area contributed by atoms with E-state index in [9.17, 15) is 13.2 Å². The molecule has 0 unspecified atom stereocenters. The molecular weight excluding hydrogens is 464 g/mol. The molecule has 1 heterocycles. The second kappa shape index (κ2) is 9.33. The summed E-state index contributed by atoms with van der Waals surface area (Å²) in [5.41, 5.74) is 2.29. The highest BCUT2D eigenvalue weighted by molar-refractivity contribution is 7.92. The third kappa shape index (κ3) is 4.91. The van der Waals surface area contributed by atoms with E-state index in [0.29, 0.717) is 46.7 Å². The molecule has 0 aliphatic carbocycles. The third-order valence-corrected chi connectivity index (χ3v) is 7.41. The van der Waals surface area contributed by atoms with Crippen molar-refractivity contribution in [3.63, 3.8) is 0 Å². The maximum atomic E-state index is 13.6. The molecule has 3 aromatic carbocycles. The van der Waals surface area contributed by atoms with Crippen molar-refractivity contribution in [2.24, 2.45) is 0 Å². The molecule has 1 N–H and O–H groups in total. The average molecular weight is 487 g/mol. The van der Waals surface area contributed by atoms with Crippen LogP contribution in [0.3, 0.4) is 0 Å². The maximum Gasteiger partial charge on any atom is 0.264 e. The van der Waals surface area contributed by atoms with Gasteiger partial charge in [-0.05, 0) is 55.8 Å². The van der Waals surface area contributed by atoms with Crippen LogP contribution in [0.1, 0.15) is 11.1 Å². The Hall–Kier alpha value is -3.23. The number of anilines is 2. The summed E-state index contributed by atoms with van der Waals surface area (Å²) in [6.07, 6.45) is 0. The number of carbonyl (C=O) groups excluding carboxylic acids is 1. The van der Waals surface area contributed by atoms with Gasteiger partial charge in [-0.15, -0.1) is 0 Å². The molecular formula is C24H23ClN2O5S. The lowest BCUT2D eigenvalue weighted by Crippen LogP contribution is -2.38. The summed E-state index contributed by atoms with van der Waals surface area (Å²) in [7, 11) is -4.04. The number of hydrogen-bond donors (Lipinski definition) is 1. The Labute approximate surface area is 197 Å². The number of sulfonamides is 1. The fourth-order valence-corrected chi connectivity index (χ4v) is 5.10. The third-order valence-electron chi connectivity index (χ3n) is 5.23. The summed E-state index contributed by atoms with van der Waals surface area (Å²) in [6.45, 7) is 4.03. The Balaban J connectivity index is 1.65. The lowest BCUT2D eigenvalue weighted by Gasteiger charge is -2.26. The highest BCUT2D eigenvalue weighted by Gasteiger charge is 2.29. The number of halogens is 1. The average Bonchev–Trinajstić information content (AvgIpc) is 2.80. The quantitative estimate of drug-likeness (QED) is 0.552. The van der Waals surface area contributed by atoms with Gasteiger partial charge >= 0.3 is 0 Å². The lowest BCUT2D eigenvalue weighted by molar-refractivity contribution is -0.114. The molecule has 0 fully saturated rings. The van der Waals surface area contributed by atoms with Crippen LogP contribution in [0, 0.1) is 13.8 Å². The van der Waals surface area contributed by atoms with E-state index in [2.05, 4.69) is 5.32 Å². The highest BCUT2D eigenvalue weighted by atomic mass is 35.5. The van der Waals surface area contributed by atoms with Crippen molar-refractivity contribution >= 4 is 38.9 Å². The summed E-state index contributed by atoms with van der Waals surface area (Å²) in [5.74, 6) is 0.605. The van der Waals surface area contributed by atoms with Crippen LogP contribution in [0.15, 0.2) is 65.6 Å². The molecule has 7 nitrogen and oxygen atoms in total. The largest absolute Gasteiger partial charge is 0.486 e. The molecule has 0 radical (unpaired) electrons. The molecule has 9 heteroatoms. The van der Waals surface area contributed by atoms with Crippen molar-refractivity contribution in [3.05, 3.63) is 76.8 Å². The monoisotopic (exact) mass is 486 g/mol. The molecule has 1 aliphatic rings. The summed E-state index contributed by atoms with van der Waals surface area (Å²) in [4.78, 5) is 13.1. The molecule has 0 bridgehead atoms. The van der Waals surface area contributed by atoms with Crippen LogP contribution in [-0.2, 0) is 14.8 Å². The van der Waals surface area contributed by atoms with Gasteiger partial charge in [0.25, 0.3) is 10.0 Å². The first-order valence-corrected chi connectivity index (χ1v) is 12.1. The number of ether oxygens (including phenoxy) is 2. The van der Waals surface area contributed by atoms with E-state index in [1.165, 1.54) is 12.1 Å².